The van der Waals surface area contributed by atoms with E-state index in [9.17, 15) is 0 Å². The van der Waals surface area contributed by atoms with Gasteiger partial charge in [-0.2, -0.15) is 0 Å². The number of halogens is 2. The Morgan fingerprint density at radius 1 is 1.00 bits per heavy atom. The Morgan fingerprint density at radius 3 is 2.46 bits per heavy atom. The van der Waals surface area contributed by atoms with Crippen LogP contribution in [0, 0.1) is 0 Å². The van der Waals surface area contributed by atoms with Gasteiger partial charge in [0.1, 0.15) is 9.54 Å². The van der Waals surface area contributed by atoms with Gasteiger partial charge in [0.2, 0.25) is 0 Å². The van der Waals surface area contributed by atoms with E-state index in [0.29, 0.717) is 4.83 Å². The van der Waals surface area contributed by atoms with Crippen molar-refractivity contribution in [2.75, 3.05) is 6.61 Å². The summed E-state index contributed by atoms with van der Waals surface area (Å²) in [6.07, 6.45) is 13.2. The van der Waals surface area contributed by atoms with E-state index in [1.807, 2.05) is 0 Å². The fourth-order valence-corrected chi connectivity index (χ4v) is 5.98. The van der Waals surface area contributed by atoms with Gasteiger partial charge < -0.3 is 4.74 Å². The lowest BCUT2D eigenvalue weighted by molar-refractivity contribution is 0.304. The van der Waals surface area contributed by atoms with Gasteiger partial charge in [0.25, 0.3) is 0 Å². The molecular formula is C21H30Br2OS2. The van der Waals surface area contributed by atoms with E-state index < -0.39 is 0 Å². The van der Waals surface area contributed by atoms with Gasteiger partial charge in [-0.1, -0.05) is 67.4 Å². The van der Waals surface area contributed by atoms with E-state index >= 15 is 0 Å². The van der Waals surface area contributed by atoms with Crippen LogP contribution in [0.1, 0.15) is 71.1 Å². The maximum absolute atomic E-state index is 5.99. The summed E-state index contributed by atoms with van der Waals surface area (Å²) >= 11 is 11.0. The molecule has 146 valence electrons. The first kappa shape index (κ1) is 22.4. The Labute approximate surface area is 183 Å². The summed E-state index contributed by atoms with van der Waals surface area (Å²) in [6, 6.07) is 6.41. The highest BCUT2D eigenvalue weighted by atomic mass is 79.9. The van der Waals surface area contributed by atoms with E-state index in [0.717, 1.165) is 22.6 Å². The minimum Gasteiger partial charge on any atom is -0.491 e. The lowest BCUT2D eigenvalue weighted by atomic mass is 10.1. The van der Waals surface area contributed by atoms with Crippen molar-refractivity contribution < 1.29 is 4.74 Å². The largest absolute Gasteiger partial charge is 0.491 e. The van der Waals surface area contributed by atoms with Crippen LogP contribution in [-0.4, -0.2) is 11.4 Å². The lowest BCUT2D eigenvalue weighted by Gasteiger charge is -2.10. The molecule has 2 aromatic heterocycles. The normalized spacial score (nSPS) is 12.4. The van der Waals surface area contributed by atoms with Crippen LogP contribution in [0.2, 0.25) is 0 Å². The Kier molecular flexibility index (Phi) is 11.5. The molecule has 0 aromatic carbocycles. The molecule has 0 saturated carbocycles. The SMILES string of the molecule is CCCCCCCCC(Br)CCCCOc1cc(-c2cccs2)sc1Br. The first-order valence-corrected chi connectivity index (χ1v) is 13.2. The van der Waals surface area contributed by atoms with Crippen molar-refractivity contribution in [3.8, 4) is 15.5 Å². The molecule has 0 N–H and O–H groups in total. The molecule has 0 amide bonds. The molecule has 2 aromatic rings. The second-order valence-electron chi connectivity index (χ2n) is 6.72. The summed E-state index contributed by atoms with van der Waals surface area (Å²) < 4.78 is 7.09. The van der Waals surface area contributed by atoms with Gasteiger partial charge in [-0.3, -0.25) is 0 Å². The van der Waals surface area contributed by atoms with Crippen LogP contribution >= 0.6 is 54.5 Å². The van der Waals surface area contributed by atoms with Crippen LogP contribution in [0.3, 0.4) is 0 Å². The van der Waals surface area contributed by atoms with E-state index in [2.05, 4.69) is 62.4 Å². The maximum Gasteiger partial charge on any atom is 0.144 e. The third-order valence-corrected chi connectivity index (χ3v) is 8.22. The predicted octanol–water partition coefficient (Wildman–Crippen LogP) is 9.30. The van der Waals surface area contributed by atoms with Crippen LogP contribution in [0.15, 0.2) is 27.4 Å². The third-order valence-electron chi connectivity index (χ3n) is 4.46. The molecule has 5 heteroatoms. The first-order chi connectivity index (χ1) is 12.7. The number of thiophene rings is 2. The zero-order valence-electron chi connectivity index (χ0n) is 15.6. The molecule has 0 bridgehead atoms. The fourth-order valence-electron chi connectivity index (χ4n) is 2.93. The average molecular weight is 522 g/mol. The van der Waals surface area contributed by atoms with Gasteiger partial charge >= 0.3 is 0 Å². The van der Waals surface area contributed by atoms with Crippen LogP contribution in [0.4, 0.5) is 0 Å². The second-order valence-corrected chi connectivity index (χ2v) is 11.3. The molecule has 1 unspecified atom stereocenters. The Morgan fingerprint density at radius 2 is 1.73 bits per heavy atom. The van der Waals surface area contributed by atoms with Crippen molar-refractivity contribution in [2.24, 2.45) is 0 Å². The van der Waals surface area contributed by atoms with Crippen molar-refractivity contribution >= 4 is 54.5 Å². The molecule has 1 atom stereocenters. The minimum atomic E-state index is 0.673. The van der Waals surface area contributed by atoms with E-state index in [4.69, 9.17) is 4.74 Å². The van der Waals surface area contributed by atoms with Crippen LogP contribution in [0.5, 0.6) is 5.75 Å². The Balaban J connectivity index is 1.54. The zero-order chi connectivity index (χ0) is 18.6. The summed E-state index contributed by atoms with van der Waals surface area (Å²) in [5, 5.41) is 2.12. The Hall–Kier alpha value is 0.160. The number of rotatable bonds is 14. The highest BCUT2D eigenvalue weighted by Gasteiger charge is 2.10. The summed E-state index contributed by atoms with van der Waals surface area (Å²) in [5.74, 6) is 0.987. The van der Waals surface area contributed by atoms with Gasteiger partial charge in [-0.25, -0.2) is 0 Å². The van der Waals surface area contributed by atoms with Crippen molar-refractivity contribution in [3.05, 3.63) is 27.4 Å². The Bertz CT molecular complexity index is 595. The monoisotopic (exact) mass is 520 g/mol. The smallest absolute Gasteiger partial charge is 0.144 e. The molecule has 0 saturated heterocycles. The number of unbranched alkanes of at least 4 members (excludes halogenated alkanes) is 6. The minimum absolute atomic E-state index is 0.673. The molecule has 0 aliphatic rings. The molecule has 0 fully saturated rings. The summed E-state index contributed by atoms with van der Waals surface area (Å²) in [6.45, 7) is 3.08. The molecular weight excluding hydrogens is 492 g/mol. The molecule has 0 aliphatic heterocycles. The quantitative estimate of drug-likeness (QED) is 0.178. The van der Waals surface area contributed by atoms with Gasteiger partial charge in [0.15, 0.2) is 0 Å². The van der Waals surface area contributed by atoms with Gasteiger partial charge in [-0.15, -0.1) is 22.7 Å². The number of hydrogen-bond acceptors (Lipinski definition) is 3. The van der Waals surface area contributed by atoms with Crippen molar-refractivity contribution in [3.63, 3.8) is 0 Å². The summed E-state index contributed by atoms with van der Waals surface area (Å²) in [7, 11) is 0. The van der Waals surface area contributed by atoms with Gasteiger partial charge in [-0.05, 0) is 53.1 Å². The standard InChI is InChI=1S/C21H30Br2OS2/c1-2-3-4-5-6-7-11-17(22)12-8-9-14-24-18-16-20(26-21(18)23)19-13-10-15-25-19/h10,13,15-17H,2-9,11-12,14H2,1H3. The van der Waals surface area contributed by atoms with Crippen LogP contribution in [0.25, 0.3) is 9.75 Å². The molecule has 0 radical (unpaired) electrons. The molecule has 0 spiro atoms. The molecule has 2 rings (SSSR count). The molecule has 26 heavy (non-hydrogen) atoms. The summed E-state index contributed by atoms with van der Waals surface area (Å²) in [4.78, 5) is 3.26. The lowest BCUT2D eigenvalue weighted by Crippen LogP contribution is -2.01. The fraction of sp³-hybridized carbons (Fsp3) is 0.619. The van der Waals surface area contributed by atoms with Crippen LogP contribution in [-0.2, 0) is 0 Å². The molecule has 1 nitrogen and oxygen atoms in total. The number of ether oxygens (including phenoxy) is 1. The zero-order valence-corrected chi connectivity index (χ0v) is 20.5. The van der Waals surface area contributed by atoms with E-state index in [1.165, 1.54) is 67.5 Å². The van der Waals surface area contributed by atoms with E-state index in [-0.39, 0.29) is 0 Å². The topological polar surface area (TPSA) is 9.23 Å². The van der Waals surface area contributed by atoms with Crippen molar-refractivity contribution in [1.29, 1.82) is 0 Å². The van der Waals surface area contributed by atoms with Crippen molar-refractivity contribution in [2.45, 2.75) is 76.0 Å². The van der Waals surface area contributed by atoms with Crippen LogP contribution < -0.4 is 4.74 Å². The molecule has 0 aliphatic carbocycles. The number of alkyl halides is 1. The summed E-state index contributed by atoms with van der Waals surface area (Å²) in [5.41, 5.74) is 0. The number of hydrogen-bond donors (Lipinski definition) is 0. The maximum atomic E-state index is 5.99. The van der Waals surface area contributed by atoms with E-state index in [1.54, 1.807) is 22.7 Å². The van der Waals surface area contributed by atoms with Gasteiger partial charge in [0.05, 0.1) is 6.61 Å². The molecule has 2 heterocycles. The second kappa shape index (κ2) is 13.4. The average Bonchev–Trinajstić information content (AvgIpc) is 3.28. The highest BCUT2D eigenvalue weighted by Crippen LogP contribution is 2.41. The third kappa shape index (κ3) is 8.45. The predicted molar refractivity (Wildman–Crippen MR) is 125 cm³/mol. The first-order valence-electron chi connectivity index (χ1n) is 9.80. The van der Waals surface area contributed by atoms with Gasteiger partial charge in [0, 0.05) is 20.6 Å². The van der Waals surface area contributed by atoms with Crippen molar-refractivity contribution in [1.82, 2.24) is 0 Å². The highest BCUT2D eigenvalue weighted by molar-refractivity contribution is 9.11.